The third-order valence-electron chi connectivity index (χ3n) is 3.68. The summed E-state index contributed by atoms with van der Waals surface area (Å²) in [6.45, 7) is 3.44. The first-order valence-electron chi connectivity index (χ1n) is 7.44. The van der Waals surface area contributed by atoms with Gasteiger partial charge in [-0.3, -0.25) is 4.90 Å². The quantitative estimate of drug-likeness (QED) is 0.836. The van der Waals surface area contributed by atoms with Crippen LogP contribution in [0.25, 0.3) is 0 Å². The van der Waals surface area contributed by atoms with Crippen LogP contribution in [0.5, 0.6) is 5.75 Å². The normalized spacial score (nSPS) is 19.1. The maximum Gasteiger partial charge on any atom is 0.151 e. The number of hydrogen-bond acceptors (Lipinski definition) is 5. The molecule has 0 amide bonds. The zero-order chi connectivity index (χ0) is 15.1. The highest BCUT2D eigenvalue weighted by molar-refractivity contribution is 7.91. The molecule has 0 unspecified atom stereocenters. The van der Waals surface area contributed by atoms with Crippen molar-refractivity contribution in [3.63, 3.8) is 0 Å². The molecule has 5 nitrogen and oxygen atoms in total. The van der Waals surface area contributed by atoms with E-state index in [0.29, 0.717) is 25.4 Å². The van der Waals surface area contributed by atoms with E-state index in [0.717, 1.165) is 31.7 Å². The van der Waals surface area contributed by atoms with Gasteiger partial charge in [-0.1, -0.05) is 12.1 Å². The first-order chi connectivity index (χ1) is 10.1. The lowest BCUT2D eigenvalue weighted by atomic mass is 10.1. The molecule has 1 fully saturated rings. The number of sulfone groups is 1. The van der Waals surface area contributed by atoms with Crippen LogP contribution in [0.2, 0.25) is 0 Å². The van der Waals surface area contributed by atoms with Crippen LogP contribution in [0.3, 0.4) is 0 Å². The van der Waals surface area contributed by atoms with Crippen LogP contribution < -0.4 is 10.5 Å². The van der Waals surface area contributed by atoms with Gasteiger partial charge < -0.3 is 10.5 Å². The summed E-state index contributed by atoms with van der Waals surface area (Å²) in [5.41, 5.74) is 6.72. The summed E-state index contributed by atoms with van der Waals surface area (Å²) in [5, 5.41) is 0. The number of hydrogen-bond donors (Lipinski definition) is 1. The average molecular weight is 312 g/mol. The van der Waals surface area contributed by atoms with E-state index >= 15 is 0 Å². The Morgan fingerprint density at radius 3 is 2.62 bits per heavy atom. The summed E-state index contributed by atoms with van der Waals surface area (Å²) in [5.74, 6) is 1.42. The van der Waals surface area contributed by atoms with Crippen molar-refractivity contribution in [3.8, 4) is 5.75 Å². The Morgan fingerprint density at radius 1 is 1.14 bits per heavy atom. The molecule has 1 aliphatic rings. The number of benzene rings is 1. The fourth-order valence-corrected chi connectivity index (χ4v) is 3.73. The zero-order valence-corrected chi connectivity index (χ0v) is 13.1. The van der Waals surface area contributed by atoms with E-state index < -0.39 is 9.84 Å². The summed E-state index contributed by atoms with van der Waals surface area (Å²) in [6.07, 6.45) is 1.60. The SMILES string of the molecule is NCCc1ccc(OCCN2CCCS(=O)(=O)CC2)cc1. The van der Waals surface area contributed by atoms with Crippen molar-refractivity contribution in [1.82, 2.24) is 4.90 Å². The molecule has 0 radical (unpaired) electrons. The van der Waals surface area contributed by atoms with Gasteiger partial charge in [0.15, 0.2) is 9.84 Å². The Kier molecular flexibility index (Phi) is 6.02. The van der Waals surface area contributed by atoms with Gasteiger partial charge in [0.1, 0.15) is 12.4 Å². The highest BCUT2D eigenvalue weighted by Crippen LogP contribution is 2.12. The van der Waals surface area contributed by atoms with Gasteiger partial charge in [-0.15, -0.1) is 0 Å². The maximum absolute atomic E-state index is 11.5. The molecule has 2 N–H and O–H groups in total. The van der Waals surface area contributed by atoms with E-state index in [9.17, 15) is 8.42 Å². The standard InChI is InChI=1S/C15H24N2O3S/c16-7-6-14-2-4-15(5-3-14)20-11-9-17-8-1-12-21(18,19)13-10-17/h2-5H,1,6-13,16H2. The van der Waals surface area contributed by atoms with Crippen LogP contribution in [0, 0.1) is 0 Å². The minimum absolute atomic E-state index is 0.265. The molecule has 1 aliphatic heterocycles. The Bertz CT molecular complexity index is 528. The van der Waals surface area contributed by atoms with Gasteiger partial charge in [0.25, 0.3) is 0 Å². The largest absolute Gasteiger partial charge is 0.492 e. The third kappa shape index (κ3) is 5.65. The molecule has 1 aromatic carbocycles. The fourth-order valence-electron chi connectivity index (χ4n) is 2.43. The molecule has 0 aliphatic carbocycles. The van der Waals surface area contributed by atoms with Crippen LogP contribution in [-0.4, -0.2) is 57.6 Å². The van der Waals surface area contributed by atoms with Crippen molar-refractivity contribution in [2.75, 3.05) is 44.3 Å². The van der Waals surface area contributed by atoms with Gasteiger partial charge >= 0.3 is 0 Å². The molecular weight excluding hydrogens is 288 g/mol. The maximum atomic E-state index is 11.5. The summed E-state index contributed by atoms with van der Waals surface area (Å²) in [7, 11) is -2.83. The summed E-state index contributed by atoms with van der Waals surface area (Å²) >= 11 is 0. The number of ether oxygens (including phenoxy) is 1. The molecule has 0 spiro atoms. The van der Waals surface area contributed by atoms with Crippen LogP contribution in [0.1, 0.15) is 12.0 Å². The average Bonchev–Trinajstić information content (AvgIpc) is 2.62. The van der Waals surface area contributed by atoms with Gasteiger partial charge in [-0.2, -0.15) is 0 Å². The second kappa shape index (κ2) is 7.77. The van der Waals surface area contributed by atoms with Gasteiger partial charge in [0.05, 0.1) is 11.5 Å². The molecule has 1 aromatic rings. The van der Waals surface area contributed by atoms with E-state index in [4.69, 9.17) is 10.5 Å². The molecular formula is C15H24N2O3S. The van der Waals surface area contributed by atoms with Crippen molar-refractivity contribution >= 4 is 9.84 Å². The summed E-state index contributed by atoms with van der Waals surface area (Å²) in [6, 6.07) is 7.97. The van der Waals surface area contributed by atoms with E-state index in [1.165, 1.54) is 5.56 Å². The highest BCUT2D eigenvalue weighted by Gasteiger charge is 2.18. The topological polar surface area (TPSA) is 72.6 Å². The minimum atomic E-state index is -2.83. The Balaban J connectivity index is 1.73. The predicted octanol–water partition coefficient (Wildman–Crippen LogP) is 0.687. The van der Waals surface area contributed by atoms with Crippen LogP contribution in [0.15, 0.2) is 24.3 Å². The Hall–Kier alpha value is -1.11. The molecule has 2 rings (SSSR count). The molecule has 118 valence electrons. The summed E-state index contributed by atoms with van der Waals surface area (Å²) < 4.78 is 28.8. The first-order valence-corrected chi connectivity index (χ1v) is 9.26. The highest BCUT2D eigenvalue weighted by atomic mass is 32.2. The Morgan fingerprint density at radius 2 is 1.90 bits per heavy atom. The fraction of sp³-hybridized carbons (Fsp3) is 0.600. The first kappa shape index (κ1) is 16.3. The minimum Gasteiger partial charge on any atom is -0.492 e. The smallest absolute Gasteiger partial charge is 0.151 e. The van der Waals surface area contributed by atoms with Gasteiger partial charge in [0.2, 0.25) is 0 Å². The van der Waals surface area contributed by atoms with Crippen molar-refractivity contribution in [2.45, 2.75) is 12.8 Å². The molecule has 0 saturated carbocycles. The van der Waals surface area contributed by atoms with Crippen molar-refractivity contribution in [3.05, 3.63) is 29.8 Å². The lowest BCUT2D eigenvalue weighted by Crippen LogP contribution is -2.31. The van der Waals surface area contributed by atoms with Crippen molar-refractivity contribution < 1.29 is 13.2 Å². The molecule has 0 aromatic heterocycles. The second-order valence-electron chi connectivity index (χ2n) is 5.38. The van der Waals surface area contributed by atoms with Crippen LogP contribution in [0.4, 0.5) is 0 Å². The number of nitrogens with two attached hydrogens (primary N) is 1. The van der Waals surface area contributed by atoms with Crippen LogP contribution >= 0.6 is 0 Å². The zero-order valence-electron chi connectivity index (χ0n) is 12.3. The lowest BCUT2D eigenvalue weighted by molar-refractivity contribution is 0.219. The van der Waals surface area contributed by atoms with Crippen molar-refractivity contribution in [2.24, 2.45) is 5.73 Å². The number of rotatable bonds is 6. The Labute approximate surface area is 127 Å². The van der Waals surface area contributed by atoms with E-state index in [2.05, 4.69) is 4.90 Å². The molecule has 6 heteroatoms. The summed E-state index contributed by atoms with van der Waals surface area (Å²) in [4.78, 5) is 2.16. The second-order valence-corrected chi connectivity index (χ2v) is 7.68. The van der Waals surface area contributed by atoms with E-state index in [1.54, 1.807) is 0 Å². The molecule has 0 atom stereocenters. The van der Waals surface area contributed by atoms with E-state index in [-0.39, 0.29) is 5.75 Å². The van der Waals surface area contributed by atoms with Crippen molar-refractivity contribution in [1.29, 1.82) is 0 Å². The predicted molar refractivity (Wildman–Crippen MR) is 84.4 cm³/mol. The lowest BCUT2D eigenvalue weighted by Gasteiger charge is -2.19. The third-order valence-corrected chi connectivity index (χ3v) is 5.40. The monoisotopic (exact) mass is 312 g/mol. The molecule has 0 bridgehead atoms. The molecule has 21 heavy (non-hydrogen) atoms. The van der Waals surface area contributed by atoms with E-state index in [1.807, 2.05) is 24.3 Å². The molecule has 1 heterocycles. The van der Waals surface area contributed by atoms with Gasteiger partial charge in [-0.05, 0) is 43.6 Å². The van der Waals surface area contributed by atoms with Gasteiger partial charge in [0, 0.05) is 13.1 Å². The van der Waals surface area contributed by atoms with Gasteiger partial charge in [-0.25, -0.2) is 8.42 Å². The van der Waals surface area contributed by atoms with Crippen LogP contribution in [-0.2, 0) is 16.3 Å². The molecule has 1 saturated heterocycles. The number of nitrogens with zero attached hydrogens (tertiary/aromatic N) is 1.